The van der Waals surface area contributed by atoms with E-state index in [9.17, 15) is 9.59 Å². The van der Waals surface area contributed by atoms with Crippen LogP contribution in [-0.4, -0.2) is 18.5 Å². The monoisotopic (exact) mass is 453 g/mol. The van der Waals surface area contributed by atoms with Crippen LogP contribution < -0.4 is 16.0 Å². The molecule has 0 fully saturated rings. The van der Waals surface area contributed by atoms with Crippen molar-refractivity contribution in [1.82, 2.24) is 5.32 Å². The Labute approximate surface area is 157 Å². The zero-order chi connectivity index (χ0) is 17.5. The highest BCUT2D eigenvalue weighted by Crippen LogP contribution is 2.23. The van der Waals surface area contributed by atoms with Gasteiger partial charge in [-0.3, -0.25) is 4.79 Å². The fourth-order valence-electron chi connectivity index (χ4n) is 2.03. The molecule has 0 bridgehead atoms. The van der Waals surface area contributed by atoms with Gasteiger partial charge in [0.15, 0.2) is 0 Å². The van der Waals surface area contributed by atoms with E-state index in [1.54, 1.807) is 36.4 Å². The van der Waals surface area contributed by atoms with E-state index in [4.69, 9.17) is 0 Å². The van der Waals surface area contributed by atoms with Gasteiger partial charge in [0.25, 0.3) is 5.91 Å². The van der Waals surface area contributed by atoms with Crippen LogP contribution in [0.2, 0.25) is 0 Å². The van der Waals surface area contributed by atoms with E-state index in [1.807, 2.05) is 13.0 Å². The summed E-state index contributed by atoms with van der Waals surface area (Å²) in [5.41, 5.74) is 1.51. The van der Waals surface area contributed by atoms with Crippen LogP contribution in [0.4, 0.5) is 16.2 Å². The Bertz CT molecular complexity index is 730. The summed E-state index contributed by atoms with van der Waals surface area (Å²) in [7, 11) is 0. The zero-order valence-corrected chi connectivity index (χ0v) is 16.2. The Morgan fingerprint density at radius 2 is 1.67 bits per heavy atom. The maximum absolute atomic E-state index is 12.2. The minimum atomic E-state index is -0.421. The van der Waals surface area contributed by atoms with Gasteiger partial charge in [-0.25, -0.2) is 4.79 Å². The first-order valence-electron chi connectivity index (χ1n) is 7.41. The molecule has 0 saturated heterocycles. The topological polar surface area (TPSA) is 70.2 Å². The summed E-state index contributed by atoms with van der Waals surface area (Å²) < 4.78 is 1.68. The third-order valence-corrected chi connectivity index (χ3v) is 3.99. The fraction of sp³-hybridized carbons (Fsp3) is 0.176. The van der Waals surface area contributed by atoms with Crippen LogP contribution in [0.5, 0.6) is 0 Å². The van der Waals surface area contributed by atoms with Crippen LogP contribution in [0.15, 0.2) is 51.4 Å². The molecule has 0 saturated carbocycles. The third-order valence-electron chi connectivity index (χ3n) is 3.08. The number of anilines is 2. The maximum atomic E-state index is 12.2. The van der Waals surface area contributed by atoms with Crippen molar-refractivity contribution in [2.75, 3.05) is 17.2 Å². The van der Waals surface area contributed by atoms with Crippen LogP contribution in [0.25, 0.3) is 0 Å². The first-order chi connectivity index (χ1) is 11.5. The van der Waals surface area contributed by atoms with E-state index in [1.165, 1.54) is 0 Å². The molecule has 0 radical (unpaired) electrons. The summed E-state index contributed by atoms with van der Waals surface area (Å²) in [6, 6.07) is 11.9. The number of urea groups is 1. The zero-order valence-electron chi connectivity index (χ0n) is 13.0. The molecule has 7 heteroatoms. The number of para-hydroxylation sites is 1. The molecule has 0 heterocycles. The van der Waals surface area contributed by atoms with E-state index in [0.29, 0.717) is 23.5 Å². The Morgan fingerprint density at radius 3 is 2.33 bits per heavy atom. The van der Waals surface area contributed by atoms with Crippen LogP contribution in [0, 0.1) is 0 Å². The minimum absolute atomic E-state index is 0.210. The molecule has 0 unspecified atom stereocenters. The Balaban J connectivity index is 2.10. The van der Waals surface area contributed by atoms with Crippen LogP contribution in [0.3, 0.4) is 0 Å². The van der Waals surface area contributed by atoms with Crippen LogP contribution in [-0.2, 0) is 0 Å². The highest BCUT2D eigenvalue weighted by atomic mass is 79.9. The van der Waals surface area contributed by atoms with Gasteiger partial charge < -0.3 is 16.0 Å². The van der Waals surface area contributed by atoms with Crippen molar-refractivity contribution >= 4 is 55.2 Å². The van der Waals surface area contributed by atoms with Gasteiger partial charge >= 0.3 is 6.03 Å². The number of benzene rings is 2. The lowest BCUT2D eigenvalue weighted by Crippen LogP contribution is -2.27. The molecule has 24 heavy (non-hydrogen) atoms. The highest BCUT2D eigenvalue weighted by Gasteiger charge is 2.12. The third kappa shape index (κ3) is 5.35. The summed E-state index contributed by atoms with van der Waals surface area (Å²) in [5.74, 6) is -0.210. The first kappa shape index (κ1) is 18.5. The molecule has 5 nitrogen and oxygen atoms in total. The standard InChI is InChI=1S/C17H17Br2N3O2/c1-2-7-20-16(23)14-5-3-4-6-15(14)22-17(24)21-13-9-11(18)8-12(19)10-13/h3-6,8-10H,2,7H2,1H3,(H,20,23)(H2,21,22,24). The predicted octanol–water partition coefficient (Wildman–Crippen LogP) is 5.00. The van der Waals surface area contributed by atoms with Crippen molar-refractivity contribution in [3.63, 3.8) is 0 Å². The Morgan fingerprint density at radius 1 is 1.00 bits per heavy atom. The molecule has 2 aromatic carbocycles. The lowest BCUT2D eigenvalue weighted by Gasteiger charge is -2.12. The fourth-order valence-corrected chi connectivity index (χ4v) is 3.33. The molecule has 3 amide bonds. The number of hydrogen-bond acceptors (Lipinski definition) is 2. The second-order valence-corrected chi connectivity index (χ2v) is 6.87. The number of carbonyl (C=O) groups excluding carboxylic acids is 2. The molecule has 2 rings (SSSR count). The largest absolute Gasteiger partial charge is 0.352 e. The predicted molar refractivity (Wildman–Crippen MR) is 104 cm³/mol. The average molecular weight is 455 g/mol. The summed E-state index contributed by atoms with van der Waals surface area (Å²) in [5, 5.41) is 8.26. The Kier molecular flexibility index (Phi) is 6.81. The molecule has 126 valence electrons. The molecule has 0 aliphatic rings. The maximum Gasteiger partial charge on any atom is 0.323 e. The lowest BCUT2D eigenvalue weighted by molar-refractivity contribution is 0.0954. The molecule has 0 atom stereocenters. The summed E-state index contributed by atoms with van der Waals surface area (Å²) in [6.07, 6.45) is 0.847. The van der Waals surface area contributed by atoms with Gasteiger partial charge in [0.05, 0.1) is 11.3 Å². The summed E-state index contributed by atoms with van der Waals surface area (Å²) >= 11 is 6.74. The normalized spacial score (nSPS) is 10.1. The smallest absolute Gasteiger partial charge is 0.323 e. The van der Waals surface area contributed by atoms with Crippen LogP contribution in [0.1, 0.15) is 23.7 Å². The van der Waals surface area contributed by atoms with Gasteiger partial charge in [0.2, 0.25) is 0 Å². The van der Waals surface area contributed by atoms with Crippen molar-refractivity contribution in [1.29, 1.82) is 0 Å². The number of hydrogen-bond donors (Lipinski definition) is 3. The van der Waals surface area contributed by atoms with Gasteiger partial charge in [-0.15, -0.1) is 0 Å². The highest BCUT2D eigenvalue weighted by molar-refractivity contribution is 9.11. The van der Waals surface area contributed by atoms with Crippen molar-refractivity contribution in [3.8, 4) is 0 Å². The number of nitrogens with one attached hydrogen (secondary N) is 3. The first-order valence-corrected chi connectivity index (χ1v) is 8.99. The van der Waals surface area contributed by atoms with Gasteiger partial charge in [-0.1, -0.05) is 50.9 Å². The number of carbonyl (C=O) groups is 2. The summed E-state index contributed by atoms with van der Waals surface area (Å²) in [4.78, 5) is 24.4. The quantitative estimate of drug-likeness (QED) is 0.595. The molecular weight excluding hydrogens is 438 g/mol. The average Bonchev–Trinajstić information content (AvgIpc) is 2.52. The van der Waals surface area contributed by atoms with E-state index in [0.717, 1.165) is 15.4 Å². The molecule has 0 aliphatic carbocycles. The summed E-state index contributed by atoms with van der Waals surface area (Å²) in [6.45, 7) is 2.57. The van der Waals surface area contributed by atoms with Gasteiger partial charge in [-0.05, 0) is 36.8 Å². The lowest BCUT2D eigenvalue weighted by atomic mass is 10.1. The van der Waals surface area contributed by atoms with E-state index < -0.39 is 6.03 Å². The number of amides is 3. The van der Waals surface area contributed by atoms with Crippen molar-refractivity contribution in [2.45, 2.75) is 13.3 Å². The van der Waals surface area contributed by atoms with Crippen molar-refractivity contribution in [2.24, 2.45) is 0 Å². The second-order valence-electron chi connectivity index (χ2n) is 5.04. The van der Waals surface area contributed by atoms with E-state index in [-0.39, 0.29) is 5.91 Å². The molecule has 3 N–H and O–H groups in total. The van der Waals surface area contributed by atoms with Gasteiger partial charge in [-0.2, -0.15) is 0 Å². The van der Waals surface area contributed by atoms with Gasteiger partial charge in [0, 0.05) is 21.2 Å². The molecule has 2 aromatic rings. The molecule has 0 aliphatic heterocycles. The van der Waals surface area contributed by atoms with Crippen molar-refractivity contribution in [3.05, 3.63) is 57.0 Å². The SMILES string of the molecule is CCCNC(=O)c1ccccc1NC(=O)Nc1cc(Br)cc(Br)c1. The van der Waals surface area contributed by atoms with Crippen molar-refractivity contribution < 1.29 is 9.59 Å². The number of halogens is 2. The van der Waals surface area contributed by atoms with E-state index >= 15 is 0 Å². The minimum Gasteiger partial charge on any atom is -0.352 e. The van der Waals surface area contributed by atoms with Gasteiger partial charge in [0.1, 0.15) is 0 Å². The Hall–Kier alpha value is -1.86. The second kappa shape index (κ2) is 8.84. The van der Waals surface area contributed by atoms with Crippen LogP contribution >= 0.6 is 31.9 Å². The molecule has 0 aromatic heterocycles. The number of rotatable bonds is 5. The molecular formula is C17H17Br2N3O2. The molecule has 0 spiro atoms. The van der Waals surface area contributed by atoms with E-state index in [2.05, 4.69) is 47.8 Å².